The Bertz CT molecular complexity index is 704. The van der Waals surface area contributed by atoms with E-state index >= 15 is 0 Å². The highest BCUT2D eigenvalue weighted by atomic mass is 79.9. The molecule has 0 saturated heterocycles. The Kier molecular flexibility index (Phi) is 3.36. The maximum Gasteiger partial charge on any atom is 0.151 e. The van der Waals surface area contributed by atoms with Crippen molar-refractivity contribution in [3.63, 3.8) is 0 Å². The van der Waals surface area contributed by atoms with Gasteiger partial charge in [-0.15, -0.1) is 0 Å². The molecule has 2 heterocycles. The van der Waals surface area contributed by atoms with Crippen LogP contribution in [0.3, 0.4) is 0 Å². The second kappa shape index (κ2) is 5.15. The molecule has 1 aromatic carbocycles. The zero-order chi connectivity index (χ0) is 13.2. The van der Waals surface area contributed by atoms with Gasteiger partial charge in [0.25, 0.3) is 0 Å². The Hall–Kier alpha value is -1.65. The van der Waals surface area contributed by atoms with Gasteiger partial charge >= 0.3 is 0 Å². The van der Waals surface area contributed by atoms with E-state index in [2.05, 4.69) is 32.5 Å². The minimum atomic E-state index is 0.486. The number of rotatable bonds is 3. The SMILES string of the molecule is NCc1c(Cc2ccccc2)nc2c(Br)cccn12. The second-order valence-electron chi connectivity index (χ2n) is 4.42. The summed E-state index contributed by atoms with van der Waals surface area (Å²) in [6.45, 7) is 0.486. The lowest BCUT2D eigenvalue weighted by Crippen LogP contribution is -2.04. The summed E-state index contributed by atoms with van der Waals surface area (Å²) in [7, 11) is 0. The van der Waals surface area contributed by atoms with Crippen LogP contribution in [0.15, 0.2) is 53.1 Å². The zero-order valence-electron chi connectivity index (χ0n) is 10.4. The maximum atomic E-state index is 5.89. The number of imidazole rings is 1. The fourth-order valence-corrected chi connectivity index (χ4v) is 2.71. The Labute approximate surface area is 120 Å². The Morgan fingerprint density at radius 3 is 2.63 bits per heavy atom. The molecule has 19 heavy (non-hydrogen) atoms. The third kappa shape index (κ3) is 2.29. The molecule has 3 nitrogen and oxygen atoms in total. The normalized spacial score (nSPS) is 11.1. The monoisotopic (exact) mass is 315 g/mol. The lowest BCUT2D eigenvalue weighted by molar-refractivity contribution is 0.925. The number of hydrogen-bond acceptors (Lipinski definition) is 2. The fraction of sp³-hybridized carbons (Fsp3) is 0.133. The van der Waals surface area contributed by atoms with Crippen LogP contribution in [0, 0.1) is 0 Å². The van der Waals surface area contributed by atoms with E-state index < -0.39 is 0 Å². The average molecular weight is 316 g/mol. The van der Waals surface area contributed by atoms with Gasteiger partial charge < -0.3 is 10.1 Å². The van der Waals surface area contributed by atoms with Crippen LogP contribution >= 0.6 is 15.9 Å². The summed E-state index contributed by atoms with van der Waals surface area (Å²) in [4.78, 5) is 4.71. The van der Waals surface area contributed by atoms with E-state index in [4.69, 9.17) is 10.7 Å². The molecule has 96 valence electrons. The summed E-state index contributed by atoms with van der Waals surface area (Å²) < 4.78 is 3.05. The van der Waals surface area contributed by atoms with E-state index in [0.29, 0.717) is 6.54 Å². The predicted octanol–water partition coefficient (Wildman–Crippen LogP) is 3.15. The zero-order valence-corrected chi connectivity index (χ0v) is 12.0. The van der Waals surface area contributed by atoms with Crippen LogP contribution in [0.1, 0.15) is 17.0 Å². The third-order valence-electron chi connectivity index (χ3n) is 3.19. The molecular formula is C15H14BrN3. The van der Waals surface area contributed by atoms with Gasteiger partial charge in [0.1, 0.15) is 0 Å². The van der Waals surface area contributed by atoms with E-state index in [1.807, 2.05) is 36.5 Å². The van der Waals surface area contributed by atoms with Crippen LogP contribution in [0.2, 0.25) is 0 Å². The van der Waals surface area contributed by atoms with Crippen molar-refractivity contribution >= 4 is 21.6 Å². The van der Waals surface area contributed by atoms with E-state index in [-0.39, 0.29) is 0 Å². The number of halogens is 1. The van der Waals surface area contributed by atoms with Crippen molar-refractivity contribution in [3.05, 3.63) is 70.1 Å². The van der Waals surface area contributed by atoms with Crippen molar-refractivity contribution in [1.82, 2.24) is 9.38 Å². The summed E-state index contributed by atoms with van der Waals surface area (Å²) in [5.74, 6) is 0. The van der Waals surface area contributed by atoms with Crippen LogP contribution in [0.25, 0.3) is 5.65 Å². The quantitative estimate of drug-likeness (QED) is 0.807. The molecule has 0 atom stereocenters. The van der Waals surface area contributed by atoms with Crippen LogP contribution in [0.4, 0.5) is 0 Å². The molecule has 0 unspecified atom stereocenters. The molecule has 0 amide bonds. The lowest BCUT2D eigenvalue weighted by Gasteiger charge is -2.02. The van der Waals surface area contributed by atoms with E-state index in [1.165, 1.54) is 5.56 Å². The number of pyridine rings is 1. The number of fused-ring (bicyclic) bond motifs is 1. The Morgan fingerprint density at radius 1 is 1.11 bits per heavy atom. The lowest BCUT2D eigenvalue weighted by atomic mass is 10.1. The minimum Gasteiger partial charge on any atom is -0.325 e. The summed E-state index contributed by atoms with van der Waals surface area (Å²) in [5.41, 5.74) is 10.2. The van der Waals surface area contributed by atoms with E-state index in [1.54, 1.807) is 0 Å². The smallest absolute Gasteiger partial charge is 0.151 e. The molecule has 0 bridgehead atoms. The summed E-state index contributed by atoms with van der Waals surface area (Å²) in [5, 5.41) is 0. The minimum absolute atomic E-state index is 0.486. The van der Waals surface area contributed by atoms with Crippen molar-refractivity contribution in [1.29, 1.82) is 0 Å². The van der Waals surface area contributed by atoms with Crippen LogP contribution < -0.4 is 5.73 Å². The molecule has 4 heteroatoms. The first kappa shape index (κ1) is 12.4. The summed E-state index contributed by atoms with van der Waals surface area (Å²) in [6, 6.07) is 14.3. The number of benzene rings is 1. The van der Waals surface area contributed by atoms with Crippen molar-refractivity contribution in [2.75, 3.05) is 0 Å². The van der Waals surface area contributed by atoms with Gasteiger partial charge in [-0.05, 0) is 33.6 Å². The summed E-state index contributed by atoms with van der Waals surface area (Å²) in [6.07, 6.45) is 2.81. The third-order valence-corrected chi connectivity index (χ3v) is 3.81. The first-order valence-corrected chi connectivity index (χ1v) is 6.97. The van der Waals surface area contributed by atoms with Gasteiger partial charge in [0.15, 0.2) is 5.65 Å². The van der Waals surface area contributed by atoms with Crippen LogP contribution in [0.5, 0.6) is 0 Å². The van der Waals surface area contributed by atoms with E-state index in [0.717, 1.165) is 27.9 Å². The molecule has 0 radical (unpaired) electrons. The van der Waals surface area contributed by atoms with Crippen molar-refractivity contribution in [3.8, 4) is 0 Å². The molecule has 3 rings (SSSR count). The van der Waals surface area contributed by atoms with Gasteiger partial charge in [-0.3, -0.25) is 0 Å². The molecule has 0 fully saturated rings. The molecular weight excluding hydrogens is 302 g/mol. The molecule has 0 spiro atoms. The van der Waals surface area contributed by atoms with Crippen molar-refractivity contribution < 1.29 is 0 Å². The van der Waals surface area contributed by atoms with Gasteiger partial charge in [-0.2, -0.15) is 0 Å². The predicted molar refractivity (Wildman–Crippen MR) is 80.0 cm³/mol. The number of aromatic nitrogens is 2. The van der Waals surface area contributed by atoms with Crippen LogP contribution in [-0.4, -0.2) is 9.38 Å². The number of hydrogen-bond donors (Lipinski definition) is 1. The number of nitrogens with zero attached hydrogens (tertiary/aromatic N) is 2. The first-order chi connectivity index (χ1) is 9.29. The molecule has 3 aromatic rings. The molecule has 2 aromatic heterocycles. The van der Waals surface area contributed by atoms with Gasteiger partial charge in [0.2, 0.25) is 0 Å². The molecule has 0 saturated carbocycles. The Morgan fingerprint density at radius 2 is 1.89 bits per heavy atom. The number of nitrogens with two attached hydrogens (primary N) is 1. The molecule has 0 aliphatic carbocycles. The highest BCUT2D eigenvalue weighted by Crippen LogP contribution is 2.22. The highest BCUT2D eigenvalue weighted by Gasteiger charge is 2.12. The second-order valence-corrected chi connectivity index (χ2v) is 5.28. The first-order valence-electron chi connectivity index (χ1n) is 6.18. The van der Waals surface area contributed by atoms with Gasteiger partial charge in [-0.25, -0.2) is 4.98 Å². The Balaban J connectivity index is 2.11. The summed E-state index contributed by atoms with van der Waals surface area (Å²) >= 11 is 3.53. The average Bonchev–Trinajstić information content (AvgIpc) is 2.79. The van der Waals surface area contributed by atoms with Crippen molar-refractivity contribution in [2.24, 2.45) is 5.73 Å². The fourth-order valence-electron chi connectivity index (χ4n) is 2.28. The van der Waals surface area contributed by atoms with E-state index in [9.17, 15) is 0 Å². The van der Waals surface area contributed by atoms with Gasteiger partial charge in [0, 0.05) is 19.2 Å². The van der Waals surface area contributed by atoms with Crippen molar-refractivity contribution in [2.45, 2.75) is 13.0 Å². The van der Waals surface area contributed by atoms with Gasteiger partial charge in [0.05, 0.1) is 15.9 Å². The maximum absolute atomic E-state index is 5.89. The topological polar surface area (TPSA) is 43.3 Å². The van der Waals surface area contributed by atoms with Gasteiger partial charge in [-0.1, -0.05) is 30.3 Å². The molecule has 0 aliphatic heterocycles. The largest absolute Gasteiger partial charge is 0.325 e. The standard InChI is InChI=1S/C15H14BrN3/c16-12-7-4-8-19-14(10-17)13(18-15(12)19)9-11-5-2-1-3-6-11/h1-8H,9-10,17H2. The molecule has 0 aliphatic rings. The molecule has 2 N–H and O–H groups in total. The highest BCUT2D eigenvalue weighted by molar-refractivity contribution is 9.10. The van der Waals surface area contributed by atoms with Crippen LogP contribution in [-0.2, 0) is 13.0 Å².